The van der Waals surface area contributed by atoms with Crippen LogP contribution in [-0.4, -0.2) is 25.0 Å². The predicted molar refractivity (Wildman–Crippen MR) is 75.3 cm³/mol. The van der Waals surface area contributed by atoms with Gasteiger partial charge in [0.15, 0.2) is 0 Å². The highest BCUT2D eigenvalue weighted by Gasteiger charge is 2.12. The highest BCUT2D eigenvalue weighted by molar-refractivity contribution is 9.10. The van der Waals surface area contributed by atoms with Crippen molar-refractivity contribution >= 4 is 38.7 Å². The monoisotopic (exact) mass is 321 g/mol. The quantitative estimate of drug-likeness (QED) is 0.806. The van der Waals surface area contributed by atoms with Crippen molar-refractivity contribution in [2.45, 2.75) is 12.8 Å². The van der Waals surface area contributed by atoms with E-state index in [2.05, 4.69) is 20.9 Å². The van der Waals surface area contributed by atoms with E-state index in [0.29, 0.717) is 6.42 Å². The van der Waals surface area contributed by atoms with Crippen molar-refractivity contribution in [3.8, 4) is 0 Å². The number of nitrogens with zero attached hydrogens (tertiary/aromatic N) is 3. The van der Waals surface area contributed by atoms with Gasteiger partial charge in [-0.2, -0.15) is 0 Å². The van der Waals surface area contributed by atoms with Gasteiger partial charge in [-0.3, -0.25) is 9.20 Å². The number of halogens is 1. The third-order valence-electron chi connectivity index (χ3n) is 3.24. The summed E-state index contributed by atoms with van der Waals surface area (Å²) in [5, 5.41) is 8.76. The second-order valence-electron chi connectivity index (χ2n) is 4.49. The van der Waals surface area contributed by atoms with E-state index < -0.39 is 5.97 Å². The number of aliphatic carboxylic acids is 1. The first-order valence-electron chi connectivity index (χ1n) is 5.90. The van der Waals surface area contributed by atoms with Crippen LogP contribution < -0.4 is 0 Å². The zero-order valence-corrected chi connectivity index (χ0v) is 11.9. The Morgan fingerprint density at radius 1 is 1.47 bits per heavy atom. The highest BCUT2D eigenvalue weighted by atomic mass is 79.9. The highest BCUT2D eigenvalue weighted by Crippen LogP contribution is 2.22. The number of carboxylic acid groups (broad SMARTS) is 1. The van der Waals surface area contributed by atoms with Gasteiger partial charge in [-0.05, 0) is 24.6 Å². The van der Waals surface area contributed by atoms with E-state index in [1.807, 2.05) is 40.4 Å². The van der Waals surface area contributed by atoms with Crippen LogP contribution >= 0.6 is 15.9 Å². The maximum atomic E-state index is 10.7. The summed E-state index contributed by atoms with van der Waals surface area (Å²) in [4.78, 5) is 15.2. The number of aromatic nitrogens is 3. The van der Waals surface area contributed by atoms with Crippen LogP contribution in [0.15, 0.2) is 28.9 Å². The topological polar surface area (TPSA) is 59.5 Å². The van der Waals surface area contributed by atoms with E-state index in [0.717, 1.165) is 27.0 Å². The molecule has 3 rings (SSSR count). The van der Waals surface area contributed by atoms with Crippen LogP contribution in [0.5, 0.6) is 0 Å². The predicted octanol–water partition coefficient (Wildman–Crippen LogP) is 2.61. The van der Waals surface area contributed by atoms with E-state index in [1.54, 1.807) is 0 Å². The van der Waals surface area contributed by atoms with Crippen LogP contribution in [0.3, 0.4) is 0 Å². The molecule has 2 heterocycles. The smallest absolute Gasteiger partial charge is 0.303 e. The minimum absolute atomic E-state index is 0.129. The Balaban J connectivity index is 2.14. The van der Waals surface area contributed by atoms with Crippen LogP contribution in [0.25, 0.3) is 16.8 Å². The van der Waals surface area contributed by atoms with Crippen molar-refractivity contribution in [2.75, 3.05) is 0 Å². The molecule has 0 aliphatic carbocycles. The molecule has 0 bridgehead atoms. The molecular formula is C13H12BrN3O2. The molecule has 0 aliphatic rings. The SMILES string of the molecule is Cn1c(CCC(=O)O)cn2c3ccc(Br)cc3nc12. The molecule has 0 fully saturated rings. The van der Waals surface area contributed by atoms with Gasteiger partial charge in [-0.25, -0.2) is 4.98 Å². The van der Waals surface area contributed by atoms with E-state index in [9.17, 15) is 4.79 Å². The number of hydrogen-bond acceptors (Lipinski definition) is 2. The molecule has 0 saturated heterocycles. The maximum absolute atomic E-state index is 10.7. The molecule has 3 aromatic rings. The van der Waals surface area contributed by atoms with Gasteiger partial charge in [0, 0.05) is 23.4 Å². The summed E-state index contributed by atoms with van der Waals surface area (Å²) in [6.45, 7) is 0. The summed E-state index contributed by atoms with van der Waals surface area (Å²) >= 11 is 3.43. The summed E-state index contributed by atoms with van der Waals surface area (Å²) < 4.78 is 4.94. The molecule has 0 spiro atoms. The van der Waals surface area contributed by atoms with Gasteiger partial charge in [0.2, 0.25) is 5.78 Å². The number of imidazole rings is 2. The molecule has 1 N–H and O–H groups in total. The van der Waals surface area contributed by atoms with Gasteiger partial charge in [0.1, 0.15) is 0 Å². The average Bonchev–Trinajstić information content (AvgIpc) is 2.84. The van der Waals surface area contributed by atoms with Gasteiger partial charge in [0.05, 0.1) is 17.5 Å². The molecule has 0 unspecified atom stereocenters. The van der Waals surface area contributed by atoms with Crippen molar-refractivity contribution in [3.05, 3.63) is 34.6 Å². The molecule has 2 aromatic heterocycles. The number of fused-ring (bicyclic) bond motifs is 3. The molecule has 0 saturated carbocycles. The number of aryl methyl sites for hydroxylation is 2. The lowest BCUT2D eigenvalue weighted by Gasteiger charge is -1.99. The largest absolute Gasteiger partial charge is 0.481 e. The van der Waals surface area contributed by atoms with Crippen molar-refractivity contribution in [3.63, 3.8) is 0 Å². The fourth-order valence-corrected chi connectivity index (χ4v) is 2.60. The average molecular weight is 322 g/mol. The van der Waals surface area contributed by atoms with Gasteiger partial charge < -0.3 is 9.67 Å². The Morgan fingerprint density at radius 2 is 2.26 bits per heavy atom. The molecule has 0 radical (unpaired) electrons. The van der Waals surface area contributed by atoms with Crippen LogP contribution in [-0.2, 0) is 18.3 Å². The Hall–Kier alpha value is -1.82. The maximum Gasteiger partial charge on any atom is 0.303 e. The van der Waals surface area contributed by atoms with Crippen LogP contribution in [0.1, 0.15) is 12.1 Å². The summed E-state index contributed by atoms with van der Waals surface area (Å²) in [5.41, 5.74) is 2.91. The Labute approximate surface area is 117 Å². The molecule has 5 nitrogen and oxygen atoms in total. The Morgan fingerprint density at radius 3 is 3.00 bits per heavy atom. The first kappa shape index (κ1) is 12.2. The lowest BCUT2D eigenvalue weighted by Crippen LogP contribution is -2.02. The molecule has 0 amide bonds. The number of rotatable bonds is 3. The third kappa shape index (κ3) is 2.02. The Kier molecular flexibility index (Phi) is 2.82. The zero-order valence-electron chi connectivity index (χ0n) is 10.3. The van der Waals surface area contributed by atoms with Gasteiger partial charge in [0.25, 0.3) is 0 Å². The van der Waals surface area contributed by atoms with Crippen molar-refractivity contribution in [1.29, 1.82) is 0 Å². The van der Waals surface area contributed by atoms with Gasteiger partial charge in [-0.15, -0.1) is 0 Å². The molecule has 98 valence electrons. The van der Waals surface area contributed by atoms with E-state index >= 15 is 0 Å². The standard InChI is InChI=1S/C13H12BrN3O2/c1-16-9(3-5-12(18)19)7-17-11-4-2-8(14)6-10(11)15-13(16)17/h2,4,6-7H,3,5H2,1H3,(H,18,19). The van der Waals surface area contributed by atoms with Crippen molar-refractivity contribution in [2.24, 2.45) is 7.05 Å². The lowest BCUT2D eigenvalue weighted by molar-refractivity contribution is -0.136. The second-order valence-corrected chi connectivity index (χ2v) is 5.40. The number of carboxylic acids is 1. The fraction of sp³-hybridized carbons (Fsp3) is 0.231. The zero-order chi connectivity index (χ0) is 13.6. The van der Waals surface area contributed by atoms with Crippen molar-refractivity contribution in [1.82, 2.24) is 14.0 Å². The fourth-order valence-electron chi connectivity index (χ4n) is 2.25. The molecular weight excluding hydrogens is 310 g/mol. The summed E-state index contributed by atoms with van der Waals surface area (Å²) in [7, 11) is 1.91. The van der Waals surface area contributed by atoms with E-state index in [1.165, 1.54) is 0 Å². The summed E-state index contributed by atoms with van der Waals surface area (Å²) in [6, 6.07) is 5.94. The Bertz CT molecular complexity index is 788. The number of benzene rings is 1. The number of carbonyl (C=O) groups is 1. The molecule has 6 heteroatoms. The van der Waals surface area contributed by atoms with E-state index in [-0.39, 0.29) is 6.42 Å². The van der Waals surface area contributed by atoms with E-state index in [4.69, 9.17) is 5.11 Å². The lowest BCUT2D eigenvalue weighted by atomic mass is 10.2. The molecule has 0 aliphatic heterocycles. The molecule has 19 heavy (non-hydrogen) atoms. The third-order valence-corrected chi connectivity index (χ3v) is 3.73. The van der Waals surface area contributed by atoms with Crippen LogP contribution in [0.2, 0.25) is 0 Å². The minimum atomic E-state index is -0.785. The van der Waals surface area contributed by atoms with Crippen molar-refractivity contribution < 1.29 is 9.90 Å². The number of hydrogen-bond donors (Lipinski definition) is 1. The normalized spacial score (nSPS) is 11.5. The summed E-state index contributed by atoms with van der Waals surface area (Å²) in [5.74, 6) is 0.0427. The molecule has 0 atom stereocenters. The molecule has 1 aromatic carbocycles. The van der Waals surface area contributed by atoms with Crippen LogP contribution in [0, 0.1) is 0 Å². The first-order valence-corrected chi connectivity index (χ1v) is 6.69. The van der Waals surface area contributed by atoms with Gasteiger partial charge >= 0.3 is 5.97 Å². The summed E-state index contributed by atoms with van der Waals surface area (Å²) in [6.07, 6.45) is 2.60. The first-order chi connectivity index (χ1) is 9.06. The minimum Gasteiger partial charge on any atom is -0.481 e. The van der Waals surface area contributed by atoms with Gasteiger partial charge in [-0.1, -0.05) is 15.9 Å². The van der Waals surface area contributed by atoms with Crippen LogP contribution in [0.4, 0.5) is 0 Å². The second kappa shape index (κ2) is 4.38.